The minimum atomic E-state index is -0.285. The predicted octanol–water partition coefficient (Wildman–Crippen LogP) is 5.19. The van der Waals surface area contributed by atoms with Crippen molar-refractivity contribution in [1.29, 1.82) is 0 Å². The number of anilines is 2. The van der Waals surface area contributed by atoms with Crippen LogP contribution in [0.15, 0.2) is 42.6 Å². The highest BCUT2D eigenvalue weighted by Crippen LogP contribution is 2.48. The Morgan fingerprint density at radius 1 is 1.20 bits per heavy atom. The number of aliphatic hydroxyl groups is 1. The molecule has 1 amide bonds. The van der Waals surface area contributed by atoms with Gasteiger partial charge in [-0.05, 0) is 78.6 Å². The van der Waals surface area contributed by atoms with E-state index in [1.54, 1.807) is 24.4 Å². The van der Waals surface area contributed by atoms with Crippen LogP contribution < -0.4 is 15.4 Å². The first-order chi connectivity index (χ1) is 16.8. The van der Waals surface area contributed by atoms with Crippen LogP contribution in [0, 0.1) is 18.2 Å². The van der Waals surface area contributed by atoms with Crippen molar-refractivity contribution in [1.82, 2.24) is 9.97 Å². The van der Waals surface area contributed by atoms with E-state index < -0.39 is 0 Å². The fourth-order valence-electron chi connectivity index (χ4n) is 3.95. The number of hydrogen-bond donors (Lipinski definition) is 3. The number of hydrogen-bond acceptors (Lipinski definition) is 6. The SMILES string of the molecule is CC(=O)Nc1cc(-c2cc(-c3cc(NCCC4(C)CC4)c(F)cc3C)cc(OCCO)n2)ccn1. The van der Waals surface area contributed by atoms with E-state index in [4.69, 9.17) is 4.74 Å². The van der Waals surface area contributed by atoms with Gasteiger partial charge in [-0.1, -0.05) is 6.92 Å². The first-order valence-electron chi connectivity index (χ1n) is 11.8. The van der Waals surface area contributed by atoms with Crippen LogP contribution in [-0.2, 0) is 4.79 Å². The minimum absolute atomic E-state index is 0.0946. The molecule has 3 aromatic rings. The average Bonchev–Trinajstić information content (AvgIpc) is 3.55. The summed E-state index contributed by atoms with van der Waals surface area (Å²) < 4.78 is 20.4. The zero-order valence-corrected chi connectivity index (χ0v) is 20.3. The number of rotatable bonds is 10. The van der Waals surface area contributed by atoms with Crippen LogP contribution in [-0.4, -0.2) is 40.7 Å². The summed E-state index contributed by atoms with van der Waals surface area (Å²) in [5, 5.41) is 15.2. The van der Waals surface area contributed by atoms with Crippen molar-refractivity contribution in [2.45, 2.75) is 40.0 Å². The van der Waals surface area contributed by atoms with Crippen LogP contribution in [0.3, 0.4) is 0 Å². The van der Waals surface area contributed by atoms with Gasteiger partial charge in [0.1, 0.15) is 18.2 Å². The van der Waals surface area contributed by atoms with E-state index >= 15 is 0 Å². The van der Waals surface area contributed by atoms with Crippen LogP contribution in [0.2, 0.25) is 0 Å². The fraction of sp³-hybridized carbons (Fsp3) is 0.370. The number of amides is 1. The van der Waals surface area contributed by atoms with Crippen molar-refractivity contribution in [2.75, 3.05) is 30.4 Å². The topological polar surface area (TPSA) is 96.4 Å². The molecule has 4 rings (SSSR count). The van der Waals surface area contributed by atoms with E-state index in [-0.39, 0.29) is 24.9 Å². The average molecular weight is 479 g/mol. The van der Waals surface area contributed by atoms with E-state index in [1.165, 1.54) is 25.8 Å². The van der Waals surface area contributed by atoms with Crippen molar-refractivity contribution < 1.29 is 19.0 Å². The Morgan fingerprint density at radius 3 is 2.71 bits per heavy atom. The Balaban J connectivity index is 1.70. The summed E-state index contributed by atoms with van der Waals surface area (Å²) in [6.07, 6.45) is 5.05. The first kappa shape index (κ1) is 24.6. The molecule has 2 heterocycles. The van der Waals surface area contributed by atoms with Gasteiger partial charge in [-0.3, -0.25) is 4.79 Å². The first-order valence-corrected chi connectivity index (χ1v) is 11.8. The maximum Gasteiger partial charge on any atom is 0.222 e. The summed E-state index contributed by atoms with van der Waals surface area (Å²) in [7, 11) is 0. The second kappa shape index (κ2) is 10.4. The lowest BCUT2D eigenvalue weighted by molar-refractivity contribution is -0.114. The number of carbonyl (C=O) groups is 1. The molecule has 0 atom stereocenters. The summed E-state index contributed by atoms with van der Waals surface area (Å²) >= 11 is 0. The van der Waals surface area contributed by atoms with Crippen molar-refractivity contribution in [2.24, 2.45) is 5.41 Å². The fourth-order valence-corrected chi connectivity index (χ4v) is 3.95. The van der Waals surface area contributed by atoms with Gasteiger partial charge in [0.05, 0.1) is 18.0 Å². The molecule has 0 aliphatic heterocycles. The lowest BCUT2D eigenvalue weighted by atomic mass is 9.98. The van der Waals surface area contributed by atoms with Gasteiger partial charge in [0.25, 0.3) is 0 Å². The van der Waals surface area contributed by atoms with Crippen LogP contribution >= 0.6 is 0 Å². The van der Waals surface area contributed by atoms with Crippen LogP contribution in [0.5, 0.6) is 5.88 Å². The lowest BCUT2D eigenvalue weighted by Gasteiger charge is -2.16. The molecule has 1 aliphatic carbocycles. The second-order valence-electron chi connectivity index (χ2n) is 9.40. The number of carbonyl (C=O) groups excluding carboxylic acids is 1. The third kappa shape index (κ3) is 6.33. The van der Waals surface area contributed by atoms with Crippen molar-refractivity contribution >= 4 is 17.4 Å². The zero-order chi connectivity index (χ0) is 25.0. The number of pyridine rings is 2. The second-order valence-corrected chi connectivity index (χ2v) is 9.40. The molecule has 0 unspecified atom stereocenters. The van der Waals surface area contributed by atoms with Crippen LogP contribution in [0.1, 0.15) is 38.7 Å². The molecule has 1 saturated carbocycles. The molecular formula is C27H31FN4O3. The maximum atomic E-state index is 14.8. The number of aliphatic hydroxyl groups excluding tert-OH is 1. The van der Waals surface area contributed by atoms with Gasteiger partial charge in [0.2, 0.25) is 11.8 Å². The number of halogens is 1. The maximum absolute atomic E-state index is 14.8. The quantitative estimate of drug-likeness (QED) is 0.371. The molecule has 7 nitrogen and oxygen atoms in total. The van der Waals surface area contributed by atoms with Gasteiger partial charge < -0.3 is 20.5 Å². The Morgan fingerprint density at radius 2 is 2.00 bits per heavy atom. The normalized spacial score (nSPS) is 13.9. The number of ether oxygens (including phenoxy) is 1. The highest BCUT2D eigenvalue weighted by Gasteiger charge is 2.36. The van der Waals surface area contributed by atoms with Crippen LogP contribution in [0.4, 0.5) is 15.9 Å². The Kier molecular flexibility index (Phi) is 7.31. The van der Waals surface area contributed by atoms with E-state index in [1.807, 2.05) is 19.1 Å². The molecular weight excluding hydrogens is 447 g/mol. The van der Waals surface area contributed by atoms with Gasteiger partial charge in [0.15, 0.2) is 0 Å². The zero-order valence-electron chi connectivity index (χ0n) is 20.3. The Hall–Kier alpha value is -3.52. The lowest BCUT2D eigenvalue weighted by Crippen LogP contribution is -2.09. The molecule has 0 radical (unpaired) electrons. The van der Waals surface area contributed by atoms with Gasteiger partial charge >= 0.3 is 0 Å². The summed E-state index contributed by atoms with van der Waals surface area (Å²) in [5.41, 5.74) is 4.61. The number of nitrogens with one attached hydrogen (secondary N) is 2. The van der Waals surface area contributed by atoms with Gasteiger partial charge in [-0.15, -0.1) is 0 Å². The van der Waals surface area contributed by atoms with E-state index in [0.29, 0.717) is 35.0 Å². The predicted molar refractivity (Wildman–Crippen MR) is 135 cm³/mol. The molecule has 0 spiro atoms. The van der Waals surface area contributed by atoms with Crippen LogP contribution in [0.25, 0.3) is 22.4 Å². The third-order valence-electron chi connectivity index (χ3n) is 6.28. The highest BCUT2D eigenvalue weighted by atomic mass is 19.1. The Bertz CT molecular complexity index is 1230. The van der Waals surface area contributed by atoms with E-state index in [0.717, 1.165) is 28.7 Å². The largest absolute Gasteiger partial charge is 0.475 e. The van der Waals surface area contributed by atoms with Crippen molar-refractivity contribution in [3.05, 3.63) is 54.0 Å². The minimum Gasteiger partial charge on any atom is -0.475 e. The van der Waals surface area contributed by atoms with Crippen molar-refractivity contribution in [3.63, 3.8) is 0 Å². The third-order valence-corrected chi connectivity index (χ3v) is 6.28. The van der Waals surface area contributed by atoms with Gasteiger partial charge in [0, 0.05) is 31.3 Å². The molecule has 1 aromatic carbocycles. The van der Waals surface area contributed by atoms with Gasteiger partial charge in [-0.2, -0.15) is 0 Å². The molecule has 35 heavy (non-hydrogen) atoms. The molecule has 3 N–H and O–H groups in total. The van der Waals surface area contributed by atoms with Crippen molar-refractivity contribution in [3.8, 4) is 28.3 Å². The summed E-state index contributed by atoms with van der Waals surface area (Å²) in [4.78, 5) is 20.2. The molecule has 2 aromatic heterocycles. The number of nitrogens with zero attached hydrogens (tertiary/aromatic N) is 2. The molecule has 184 valence electrons. The number of aryl methyl sites for hydroxylation is 1. The Labute approximate surface area is 204 Å². The molecule has 8 heteroatoms. The standard InChI is InChI=1S/C27H31FN4O3/c1-17-12-22(28)24(29-9-7-27(3)5-6-27)16-21(17)20-13-23(32-26(15-20)35-11-10-33)19-4-8-30-25(14-19)31-18(2)34/h4,8,12-16,29,33H,5-7,9-11H2,1-3H3,(H,30,31,34). The molecule has 1 fully saturated rings. The van der Waals surface area contributed by atoms with Gasteiger partial charge in [-0.25, -0.2) is 14.4 Å². The molecule has 0 saturated heterocycles. The summed E-state index contributed by atoms with van der Waals surface area (Å²) in [6, 6.07) is 10.6. The summed E-state index contributed by atoms with van der Waals surface area (Å²) in [6.45, 7) is 6.20. The van der Waals surface area contributed by atoms with E-state index in [2.05, 4.69) is 27.5 Å². The smallest absolute Gasteiger partial charge is 0.222 e. The number of aromatic nitrogens is 2. The monoisotopic (exact) mass is 478 g/mol. The highest BCUT2D eigenvalue weighted by molar-refractivity contribution is 5.88. The van der Waals surface area contributed by atoms with E-state index in [9.17, 15) is 14.3 Å². The number of benzene rings is 1. The molecule has 0 bridgehead atoms. The molecule has 1 aliphatic rings. The summed E-state index contributed by atoms with van der Waals surface area (Å²) in [5.74, 6) is 0.242.